The van der Waals surface area contributed by atoms with Crippen LogP contribution < -0.4 is 10.6 Å². The van der Waals surface area contributed by atoms with E-state index in [2.05, 4.69) is 15.5 Å². The van der Waals surface area contributed by atoms with Crippen molar-refractivity contribution in [3.63, 3.8) is 0 Å². The first-order valence-electron chi connectivity index (χ1n) is 8.13. The van der Waals surface area contributed by atoms with Crippen LogP contribution in [0, 0.1) is 5.82 Å². The predicted octanol–water partition coefficient (Wildman–Crippen LogP) is 1.86. The number of aliphatic hydroxyl groups excluding tert-OH is 1. The maximum atomic E-state index is 12.9. The monoisotopic (exact) mass is 323 g/mol. The van der Waals surface area contributed by atoms with Crippen molar-refractivity contribution in [2.75, 3.05) is 26.7 Å². The quantitative estimate of drug-likeness (QED) is 0.718. The van der Waals surface area contributed by atoms with E-state index in [0.717, 1.165) is 31.2 Å². The minimum absolute atomic E-state index is 0.00904. The van der Waals surface area contributed by atoms with Crippen molar-refractivity contribution in [2.24, 2.45) is 0 Å². The van der Waals surface area contributed by atoms with Gasteiger partial charge in [-0.3, -0.25) is 0 Å². The van der Waals surface area contributed by atoms with Crippen LogP contribution in [-0.4, -0.2) is 48.3 Å². The molecule has 0 radical (unpaired) electrons. The summed E-state index contributed by atoms with van der Waals surface area (Å²) in [7, 11) is 1.95. The molecule has 128 valence electrons. The summed E-state index contributed by atoms with van der Waals surface area (Å²) in [6.07, 6.45) is 3.76. The largest absolute Gasteiger partial charge is 0.394 e. The maximum Gasteiger partial charge on any atom is 0.315 e. The summed E-state index contributed by atoms with van der Waals surface area (Å²) in [4.78, 5) is 14.0. The van der Waals surface area contributed by atoms with Crippen LogP contribution in [0.25, 0.3) is 0 Å². The van der Waals surface area contributed by atoms with Gasteiger partial charge in [0.15, 0.2) is 0 Å². The Labute approximate surface area is 136 Å². The fraction of sp³-hybridized carbons (Fsp3) is 0.588. The van der Waals surface area contributed by atoms with Gasteiger partial charge in [0.25, 0.3) is 0 Å². The molecule has 0 unspecified atom stereocenters. The molecular formula is C17H26FN3O2. The summed E-state index contributed by atoms with van der Waals surface area (Å²) < 4.78 is 12.9. The fourth-order valence-corrected chi connectivity index (χ4v) is 3.00. The van der Waals surface area contributed by atoms with E-state index >= 15 is 0 Å². The maximum absolute atomic E-state index is 12.9. The Balaban J connectivity index is 1.67. The smallest absolute Gasteiger partial charge is 0.315 e. The van der Waals surface area contributed by atoms with Gasteiger partial charge in [0.05, 0.1) is 12.1 Å². The molecule has 1 aromatic rings. The van der Waals surface area contributed by atoms with Gasteiger partial charge in [-0.15, -0.1) is 0 Å². The number of urea groups is 1. The lowest BCUT2D eigenvalue weighted by molar-refractivity contribution is 0.162. The van der Waals surface area contributed by atoms with Gasteiger partial charge >= 0.3 is 6.03 Å². The van der Waals surface area contributed by atoms with Gasteiger partial charge in [-0.05, 0) is 37.6 Å². The zero-order valence-corrected chi connectivity index (χ0v) is 13.6. The van der Waals surface area contributed by atoms with Crippen LogP contribution in [0.15, 0.2) is 24.3 Å². The highest BCUT2D eigenvalue weighted by Crippen LogP contribution is 2.28. The highest BCUT2D eigenvalue weighted by Gasteiger charge is 2.34. The molecule has 1 aliphatic rings. The Morgan fingerprint density at radius 2 is 1.96 bits per heavy atom. The number of carbonyl (C=O) groups excluding carboxylic acids is 1. The molecule has 3 N–H and O–H groups in total. The minimum Gasteiger partial charge on any atom is -0.394 e. The Hall–Kier alpha value is -1.66. The van der Waals surface area contributed by atoms with Gasteiger partial charge in [-0.2, -0.15) is 0 Å². The number of rotatable bonds is 7. The topological polar surface area (TPSA) is 64.6 Å². The highest BCUT2D eigenvalue weighted by molar-refractivity contribution is 5.74. The van der Waals surface area contributed by atoms with Crippen LogP contribution in [-0.2, 0) is 6.54 Å². The Morgan fingerprint density at radius 3 is 2.57 bits per heavy atom. The highest BCUT2D eigenvalue weighted by atomic mass is 19.1. The standard InChI is InChI=1S/C17H26FN3O2/c1-21(12-14-4-6-15(18)7-5-14)11-10-19-16(23)20-17(13-22)8-2-3-9-17/h4-7,22H,2-3,8-13H2,1H3,(H2,19,20,23). The van der Waals surface area contributed by atoms with E-state index < -0.39 is 5.54 Å². The summed E-state index contributed by atoms with van der Waals surface area (Å²) in [5, 5.41) is 15.2. The van der Waals surface area contributed by atoms with Crippen molar-refractivity contribution < 1.29 is 14.3 Å². The molecule has 2 rings (SSSR count). The summed E-state index contributed by atoms with van der Waals surface area (Å²) in [6.45, 7) is 1.90. The van der Waals surface area contributed by atoms with E-state index in [1.165, 1.54) is 12.1 Å². The Bertz CT molecular complexity index is 501. The molecule has 2 amide bonds. The first-order valence-corrected chi connectivity index (χ1v) is 8.13. The van der Waals surface area contributed by atoms with E-state index in [4.69, 9.17) is 0 Å². The second kappa shape index (κ2) is 8.26. The lowest BCUT2D eigenvalue weighted by atomic mass is 9.99. The molecule has 1 aliphatic carbocycles. The first-order chi connectivity index (χ1) is 11.0. The number of hydrogen-bond donors (Lipinski definition) is 3. The fourth-order valence-electron chi connectivity index (χ4n) is 3.00. The molecule has 0 bridgehead atoms. The third kappa shape index (κ3) is 5.48. The van der Waals surface area contributed by atoms with Crippen molar-refractivity contribution in [3.05, 3.63) is 35.6 Å². The number of halogens is 1. The average Bonchev–Trinajstić information content (AvgIpc) is 2.98. The summed E-state index contributed by atoms with van der Waals surface area (Å²) in [6, 6.07) is 6.19. The van der Waals surface area contributed by atoms with Crippen molar-refractivity contribution >= 4 is 6.03 Å². The molecule has 23 heavy (non-hydrogen) atoms. The number of carbonyl (C=O) groups is 1. The SMILES string of the molecule is CN(CCNC(=O)NC1(CO)CCCC1)Cc1ccc(F)cc1. The van der Waals surface area contributed by atoms with E-state index in [9.17, 15) is 14.3 Å². The van der Waals surface area contributed by atoms with Crippen LogP contribution in [0.4, 0.5) is 9.18 Å². The van der Waals surface area contributed by atoms with Gasteiger partial charge in [0.2, 0.25) is 0 Å². The van der Waals surface area contributed by atoms with Crippen LogP contribution in [0.2, 0.25) is 0 Å². The van der Waals surface area contributed by atoms with E-state index in [0.29, 0.717) is 19.6 Å². The molecule has 0 atom stereocenters. The van der Waals surface area contributed by atoms with Gasteiger partial charge in [0, 0.05) is 19.6 Å². The molecule has 0 aromatic heterocycles. The van der Waals surface area contributed by atoms with Gasteiger partial charge in [-0.1, -0.05) is 25.0 Å². The third-order valence-electron chi connectivity index (χ3n) is 4.39. The van der Waals surface area contributed by atoms with Crippen LogP contribution in [0.3, 0.4) is 0 Å². The van der Waals surface area contributed by atoms with Crippen LogP contribution in [0.5, 0.6) is 0 Å². The van der Waals surface area contributed by atoms with Gasteiger partial charge in [-0.25, -0.2) is 9.18 Å². The number of nitrogens with zero attached hydrogens (tertiary/aromatic N) is 1. The van der Waals surface area contributed by atoms with Gasteiger partial charge < -0.3 is 20.6 Å². The molecule has 0 heterocycles. The van der Waals surface area contributed by atoms with Crippen LogP contribution in [0.1, 0.15) is 31.2 Å². The van der Waals surface area contributed by atoms with E-state index in [1.807, 2.05) is 7.05 Å². The molecule has 0 aliphatic heterocycles. The van der Waals surface area contributed by atoms with Gasteiger partial charge in [0.1, 0.15) is 5.82 Å². The van der Waals surface area contributed by atoms with E-state index in [-0.39, 0.29) is 18.5 Å². The molecule has 1 saturated carbocycles. The number of likely N-dealkylation sites (N-methyl/N-ethyl adjacent to an activating group) is 1. The van der Waals surface area contributed by atoms with Crippen molar-refractivity contribution in [2.45, 2.75) is 37.8 Å². The first kappa shape index (κ1) is 17.7. The summed E-state index contributed by atoms with van der Waals surface area (Å²) in [5.41, 5.74) is 0.591. The molecule has 5 nitrogen and oxygen atoms in total. The predicted molar refractivity (Wildman–Crippen MR) is 87.6 cm³/mol. The third-order valence-corrected chi connectivity index (χ3v) is 4.39. The Kier molecular flexibility index (Phi) is 6.36. The Morgan fingerprint density at radius 1 is 1.30 bits per heavy atom. The van der Waals surface area contributed by atoms with Crippen molar-refractivity contribution in [1.82, 2.24) is 15.5 Å². The number of nitrogens with one attached hydrogen (secondary N) is 2. The second-order valence-electron chi connectivity index (χ2n) is 6.39. The van der Waals surface area contributed by atoms with Crippen molar-refractivity contribution in [1.29, 1.82) is 0 Å². The molecule has 0 saturated heterocycles. The normalized spacial score (nSPS) is 16.5. The number of hydrogen-bond acceptors (Lipinski definition) is 3. The summed E-state index contributed by atoms with van der Waals surface area (Å²) in [5.74, 6) is -0.237. The molecule has 1 fully saturated rings. The zero-order valence-electron chi connectivity index (χ0n) is 13.6. The van der Waals surface area contributed by atoms with Crippen LogP contribution >= 0.6 is 0 Å². The van der Waals surface area contributed by atoms with Crippen molar-refractivity contribution in [3.8, 4) is 0 Å². The van der Waals surface area contributed by atoms with E-state index in [1.54, 1.807) is 12.1 Å². The zero-order chi connectivity index (χ0) is 16.7. The lowest BCUT2D eigenvalue weighted by Crippen LogP contribution is -2.53. The number of benzene rings is 1. The molecule has 1 aromatic carbocycles. The lowest BCUT2D eigenvalue weighted by Gasteiger charge is -2.28. The molecular weight excluding hydrogens is 297 g/mol. The molecule has 6 heteroatoms. The number of aliphatic hydroxyl groups is 1. The molecule has 0 spiro atoms. The minimum atomic E-state index is -0.440. The number of amides is 2. The average molecular weight is 323 g/mol. The second-order valence-corrected chi connectivity index (χ2v) is 6.39. The summed E-state index contributed by atoms with van der Waals surface area (Å²) >= 11 is 0.